The monoisotopic (exact) mass is 518 g/mol. The fourth-order valence-electron chi connectivity index (χ4n) is 3.28. The standard InChI is InChI=1S/C22H23BrN4O6/c1-12-6-14(10-29-3)16(9-24)21(25-12)32-11-20-26-27(13(2)28)22(33-20)15-7-17(23)19(31-5)8-18(15)30-4/h6-8,22H,10-11H2,1-5H3. The van der Waals surface area contributed by atoms with Crippen molar-refractivity contribution in [3.8, 4) is 23.4 Å². The van der Waals surface area contributed by atoms with Gasteiger partial charge in [-0.1, -0.05) is 0 Å². The summed E-state index contributed by atoms with van der Waals surface area (Å²) < 4.78 is 28.3. The number of ether oxygens (including phenoxy) is 5. The molecule has 174 valence electrons. The van der Waals surface area contributed by atoms with Gasteiger partial charge in [0.2, 0.25) is 23.9 Å². The highest BCUT2D eigenvalue weighted by Gasteiger charge is 2.35. The first kappa shape index (κ1) is 24.3. The van der Waals surface area contributed by atoms with Crippen LogP contribution >= 0.6 is 15.9 Å². The topological polar surface area (TPSA) is 116 Å². The van der Waals surface area contributed by atoms with Crippen molar-refractivity contribution in [2.45, 2.75) is 26.7 Å². The number of carbonyl (C=O) groups is 1. The molecule has 10 nitrogen and oxygen atoms in total. The maximum atomic E-state index is 12.3. The minimum absolute atomic E-state index is 0.137. The van der Waals surface area contributed by atoms with Crippen LogP contribution in [0.1, 0.15) is 35.5 Å². The van der Waals surface area contributed by atoms with Crippen LogP contribution in [-0.2, 0) is 20.9 Å². The van der Waals surface area contributed by atoms with E-state index in [-0.39, 0.29) is 36.5 Å². The van der Waals surface area contributed by atoms with Gasteiger partial charge in [-0.3, -0.25) is 4.79 Å². The molecule has 0 saturated carbocycles. The van der Waals surface area contributed by atoms with Gasteiger partial charge in [0.15, 0.2) is 6.61 Å². The Hall–Kier alpha value is -3.36. The number of carbonyl (C=O) groups excluding carboxylic acids is 1. The van der Waals surface area contributed by atoms with Crippen LogP contribution < -0.4 is 14.2 Å². The Balaban J connectivity index is 1.87. The molecule has 0 saturated heterocycles. The highest BCUT2D eigenvalue weighted by molar-refractivity contribution is 9.10. The predicted octanol–water partition coefficient (Wildman–Crippen LogP) is 3.46. The zero-order chi connectivity index (χ0) is 24.1. The predicted molar refractivity (Wildman–Crippen MR) is 121 cm³/mol. The van der Waals surface area contributed by atoms with Gasteiger partial charge in [-0.05, 0) is 35.0 Å². The number of aryl methyl sites for hydroxylation is 1. The normalized spacial score (nSPS) is 14.9. The van der Waals surface area contributed by atoms with Crippen molar-refractivity contribution in [3.05, 3.63) is 45.1 Å². The second-order valence-corrected chi connectivity index (χ2v) is 7.85. The lowest BCUT2D eigenvalue weighted by Gasteiger charge is -2.22. The van der Waals surface area contributed by atoms with Crippen LogP contribution in [0.25, 0.3) is 0 Å². The Kier molecular flexibility index (Phi) is 7.73. The average molecular weight is 519 g/mol. The van der Waals surface area contributed by atoms with Gasteiger partial charge in [0.1, 0.15) is 23.1 Å². The van der Waals surface area contributed by atoms with E-state index < -0.39 is 6.23 Å². The minimum atomic E-state index is -0.872. The van der Waals surface area contributed by atoms with Gasteiger partial charge in [-0.25, -0.2) is 4.98 Å². The molecule has 1 unspecified atom stereocenters. The van der Waals surface area contributed by atoms with Crippen molar-refractivity contribution in [2.75, 3.05) is 27.9 Å². The fourth-order valence-corrected chi connectivity index (χ4v) is 3.80. The van der Waals surface area contributed by atoms with E-state index in [0.717, 1.165) is 0 Å². The molecule has 2 heterocycles. The first-order valence-electron chi connectivity index (χ1n) is 9.80. The van der Waals surface area contributed by atoms with Crippen LogP contribution in [0.15, 0.2) is 27.8 Å². The number of benzene rings is 1. The number of aromatic nitrogens is 1. The number of pyridine rings is 1. The Bertz CT molecular complexity index is 1130. The number of nitrogens with zero attached hydrogens (tertiary/aromatic N) is 4. The molecule has 11 heteroatoms. The Morgan fingerprint density at radius 1 is 1.21 bits per heavy atom. The highest BCUT2D eigenvalue weighted by atomic mass is 79.9. The SMILES string of the molecule is COCc1cc(C)nc(OCC2=NN(C(C)=O)C(c3cc(Br)c(OC)cc3OC)O2)c1C#N. The second kappa shape index (κ2) is 10.5. The summed E-state index contributed by atoms with van der Waals surface area (Å²) in [6.07, 6.45) is -0.872. The molecular weight excluding hydrogens is 496 g/mol. The van der Waals surface area contributed by atoms with E-state index in [0.29, 0.717) is 32.8 Å². The van der Waals surface area contributed by atoms with Gasteiger partial charge < -0.3 is 23.7 Å². The molecule has 3 rings (SSSR count). The molecule has 0 aliphatic carbocycles. The Morgan fingerprint density at radius 3 is 2.55 bits per heavy atom. The zero-order valence-corrected chi connectivity index (χ0v) is 20.4. The van der Waals surface area contributed by atoms with Crippen molar-refractivity contribution in [3.63, 3.8) is 0 Å². The smallest absolute Gasteiger partial charge is 0.247 e. The van der Waals surface area contributed by atoms with E-state index in [4.69, 9.17) is 23.7 Å². The van der Waals surface area contributed by atoms with Crippen molar-refractivity contribution in [1.82, 2.24) is 9.99 Å². The molecule has 1 aliphatic rings. The third-order valence-corrected chi connectivity index (χ3v) is 5.34. The van der Waals surface area contributed by atoms with Gasteiger partial charge in [0.25, 0.3) is 0 Å². The van der Waals surface area contributed by atoms with Crippen LogP contribution in [0.2, 0.25) is 0 Å². The van der Waals surface area contributed by atoms with E-state index in [9.17, 15) is 10.1 Å². The van der Waals surface area contributed by atoms with Crippen LogP contribution in [0, 0.1) is 18.3 Å². The van der Waals surface area contributed by atoms with Gasteiger partial charge >= 0.3 is 0 Å². The molecular formula is C22H23BrN4O6. The summed E-state index contributed by atoms with van der Waals surface area (Å²) >= 11 is 3.44. The molecule has 1 atom stereocenters. The second-order valence-electron chi connectivity index (χ2n) is 6.99. The van der Waals surface area contributed by atoms with E-state index in [1.165, 1.54) is 19.0 Å². The molecule has 0 N–H and O–H groups in total. The summed E-state index contributed by atoms with van der Waals surface area (Å²) in [6, 6.07) is 7.29. The maximum Gasteiger partial charge on any atom is 0.247 e. The molecule has 0 fully saturated rings. The average Bonchev–Trinajstić information content (AvgIpc) is 3.22. The fraction of sp³-hybridized carbons (Fsp3) is 0.364. The summed E-state index contributed by atoms with van der Waals surface area (Å²) in [5.74, 6) is 0.967. The Labute approximate surface area is 199 Å². The van der Waals surface area contributed by atoms with E-state index in [1.807, 2.05) is 0 Å². The molecule has 2 aromatic rings. The lowest BCUT2D eigenvalue weighted by molar-refractivity contribution is -0.135. The quantitative estimate of drug-likeness (QED) is 0.521. The van der Waals surface area contributed by atoms with Crippen LogP contribution in [-0.4, -0.2) is 49.7 Å². The van der Waals surface area contributed by atoms with E-state index >= 15 is 0 Å². The van der Waals surface area contributed by atoms with Crippen LogP contribution in [0.3, 0.4) is 0 Å². The number of hydrazone groups is 1. The molecule has 1 aromatic heterocycles. The number of hydrogen-bond donors (Lipinski definition) is 0. The number of halogens is 1. The lowest BCUT2D eigenvalue weighted by atomic mass is 10.1. The van der Waals surface area contributed by atoms with Crippen molar-refractivity contribution < 1.29 is 28.5 Å². The number of nitriles is 1. The first-order valence-corrected chi connectivity index (χ1v) is 10.6. The third-order valence-electron chi connectivity index (χ3n) is 4.72. The summed E-state index contributed by atoms with van der Waals surface area (Å²) in [5.41, 5.74) is 2.16. The lowest BCUT2D eigenvalue weighted by Crippen LogP contribution is -2.25. The van der Waals surface area contributed by atoms with E-state index in [1.54, 1.807) is 39.3 Å². The zero-order valence-electron chi connectivity index (χ0n) is 18.8. The van der Waals surface area contributed by atoms with Gasteiger partial charge in [0, 0.05) is 31.4 Å². The molecule has 1 aliphatic heterocycles. The maximum absolute atomic E-state index is 12.3. The summed E-state index contributed by atoms with van der Waals surface area (Å²) in [6.45, 7) is 3.27. The molecule has 0 spiro atoms. The summed E-state index contributed by atoms with van der Waals surface area (Å²) in [7, 11) is 4.59. The molecule has 0 radical (unpaired) electrons. The van der Waals surface area contributed by atoms with Crippen LogP contribution in [0.4, 0.5) is 0 Å². The number of hydrogen-bond acceptors (Lipinski definition) is 9. The van der Waals surface area contributed by atoms with Crippen molar-refractivity contribution >= 4 is 27.7 Å². The van der Waals surface area contributed by atoms with Crippen molar-refractivity contribution in [2.24, 2.45) is 5.10 Å². The van der Waals surface area contributed by atoms with Crippen LogP contribution in [0.5, 0.6) is 17.4 Å². The van der Waals surface area contributed by atoms with Gasteiger partial charge in [-0.15, -0.1) is 5.10 Å². The number of rotatable bonds is 8. The Morgan fingerprint density at radius 2 is 1.94 bits per heavy atom. The number of methoxy groups -OCH3 is 3. The summed E-state index contributed by atoms with van der Waals surface area (Å²) in [4.78, 5) is 16.6. The molecule has 1 aromatic carbocycles. The van der Waals surface area contributed by atoms with Gasteiger partial charge in [0.05, 0.1) is 30.9 Å². The van der Waals surface area contributed by atoms with Crippen molar-refractivity contribution in [1.29, 1.82) is 5.26 Å². The minimum Gasteiger partial charge on any atom is -0.496 e. The number of amides is 1. The largest absolute Gasteiger partial charge is 0.496 e. The highest BCUT2D eigenvalue weighted by Crippen LogP contribution is 2.40. The molecule has 0 bridgehead atoms. The summed E-state index contributed by atoms with van der Waals surface area (Å²) in [5, 5.41) is 15.0. The molecule has 1 amide bonds. The van der Waals surface area contributed by atoms with E-state index in [2.05, 4.69) is 32.1 Å². The third kappa shape index (κ3) is 5.18. The molecule has 33 heavy (non-hydrogen) atoms. The first-order chi connectivity index (χ1) is 15.8. The van der Waals surface area contributed by atoms with Gasteiger partial charge in [-0.2, -0.15) is 10.3 Å².